The summed E-state index contributed by atoms with van der Waals surface area (Å²) in [5.74, 6) is 0. The van der Waals surface area contributed by atoms with Crippen LogP contribution in [-0.4, -0.2) is 18.1 Å². The lowest BCUT2D eigenvalue weighted by molar-refractivity contribution is 0.140. The van der Waals surface area contributed by atoms with Crippen LogP contribution in [-0.2, 0) is 0 Å². The van der Waals surface area contributed by atoms with E-state index in [2.05, 4.69) is 5.32 Å². The molecule has 0 aliphatic rings. The first-order valence-electron chi connectivity index (χ1n) is 5.41. The molecule has 0 aliphatic heterocycles. The molecule has 0 bridgehead atoms. The Kier molecular flexibility index (Phi) is 2.02. The summed E-state index contributed by atoms with van der Waals surface area (Å²) in [6.45, 7) is -0.584. The Morgan fingerprint density at radius 3 is 2.67 bits per heavy atom. The van der Waals surface area contributed by atoms with Crippen molar-refractivity contribution in [3.8, 4) is 0 Å². The summed E-state index contributed by atoms with van der Waals surface area (Å²) in [4.78, 5) is 0. The van der Waals surface area contributed by atoms with E-state index >= 15 is 0 Å². The maximum absolute atomic E-state index is 9.84. The molecule has 0 radical (unpaired) electrons. The van der Waals surface area contributed by atoms with Crippen molar-refractivity contribution in [2.75, 3.05) is 6.98 Å². The molecule has 2 nitrogen and oxygen atoms in total. The predicted octanol–water partition coefficient (Wildman–Crippen LogP) is 1.33. The summed E-state index contributed by atoms with van der Waals surface area (Å²) in [6.07, 6.45) is -0.813. The largest absolute Gasteiger partial charge is 0.387 e. The predicted molar refractivity (Wildman–Crippen MR) is 49.9 cm³/mol. The Bertz CT molecular complexity index is 299. The number of hydrogen-bond acceptors (Lipinski definition) is 2. The monoisotopic (exact) mass is 168 g/mol. The van der Waals surface area contributed by atoms with Crippen molar-refractivity contribution >= 4 is 0 Å². The Hall–Kier alpha value is -0.860. The summed E-state index contributed by atoms with van der Waals surface area (Å²) >= 11 is 0. The summed E-state index contributed by atoms with van der Waals surface area (Å²) in [7, 11) is 0. The lowest BCUT2D eigenvalue weighted by Gasteiger charge is -2.17. The van der Waals surface area contributed by atoms with Crippen molar-refractivity contribution in [3.05, 3.63) is 35.9 Å². The quantitative estimate of drug-likeness (QED) is 0.713. The second-order valence-electron chi connectivity index (χ2n) is 2.79. The summed E-state index contributed by atoms with van der Waals surface area (Å²) in [5.41, 5.74) is 0.710. The molecular weight excluding hydrogens is 150 g/mol. The standard InChI is InChI=1S/C10H15NO/c1-8(11-2)10(12)9-6-4-3-5-7-9/h3-8,10-12H,1-2H3/t8?,10-/m0/s1/i2D3. The smallest absolute Gasteiger partial charge is 0.0940 e. The zero-order valence-corrected chi connectivity index (χ0v) is 6.99. The van der Waals surface area contributed by atoms with Gasteiger partial charge < -0.3 is 10.4 Å². The average molecular weight is 168 g/mol. The molecule has 1 aromatic carbocycles. The highest BCUT2D eigenvalue weighted by Crippen LogP contribution is 2.15. The molecule has 0 saturated carbocycles. The van der Waals surface area contributed by atoms with Gasteiger partial charge in [0, 0.05) is 10.2 Å². The molecule has 0 saturated heterocycles. The van der Waals surface area contributed by atoms with E-state index in [0.717, 1.165) is 0 Å². The second-order valence-corrected chi connectivity index (χ2v) is 2.79. The third kappa shape index (κ3) is 2.06. The zero-order chi connectivity index (χ0) is 11.5. The van der Waals surface area contributed by atoms with Crippen LogP contribution in [0.2, 0.25) is 0 Å². The fraction of sp³-hybridized carbons (Fsp3) is 0.400. The SMILES string of the molecule is [2H]C([2H])([2H])NC(C)[C@H](O)c1ccccc1. The first-order chi connectivity index (χ1) is 6.90. The van der Waals surface area contributed by atoms with Gasteiger partial charge in [-0.25, -0.2) is 0 Å². The molecule has 0 heterocycles. The van der Waals surface area contributed by atoms with Crippen molar-refractivity contribution < 1.29 is 9.22 Å². The highest BCUT2D eigenvalue weighted by Gasteiger charge is 2.12. The van der Waals surface area contributed by atoms with Gasteiger partial charge in [-0.15, -0.1) is 0 Å². The van der Waals surface area contributed by atoms with Crippen LogP contribution < -0.4 is 5.32 Å². The topological polar surface area (TPSA) is 32.3 Å². The number of hydrogen-bond donors (Lipinski definition) is 2. The molecule has 2 atom stereocenters. The molecule has 0 aliphatic carbocycles. The molecule has 12 heavy (non-hydrogen) atoms. The van der Waals surface area contributed by atoms with Crippen LogP contribution in [0.4, 0.5) is 0 Å². The molecule has 0 aromatic heterocycles. The highest BCUT2D eigenvalue weighted by molar-refractivity contribution is 5.18. The highest BCUT2D eigenvalue weighted by atomic mass is 16.3. The minimum atomic E-state index is -2.23. The Balaban J connectivity index is 2.65. The van der Waals surface area contributed by atoms with E-state index < -0.39 is 19.1 Å². The van der Waals surface area contributed by atoms with Crippen LogP contribution in [0.5, 0.6) is 0 Å². The zero-order valence-electron chi connectivity index (χ0n) is 9.99. The molecule has 0 fully saturated rings. The van der Waals surface area contributed by atoms with Gasteiger partial charge in [-0.3, -0.25) is 0 Å². The molecule has 0 spiro atoms. The number of aliphatic hydroxyl groups is 1. The number of nitrogens with one attached hydrogen (secondary N) is 1. The van der Waals surface area contributed by atoms with Gasteiger partial charge in [0.05, 0.1) is 6.10 Å². The van der Waals surface area contributed by atoms with E-state index in [1.54, 1.807) is 31.2 Å². The van der Waals surface area contributed by atoms with Crippen LogP contribution in [0.25, 0.3) is 0 Å². The van der Waals surface area contributed by atoms with Crippen molar-refractivity contribution in [2.24, 2.45) is 0 Å². The van der Waals surface area contributed by atoms with E-state index in [4.69, 9.17) is 4.11 Å². The minimum Gasteiger partial charge on any atom is -0.387 e. The van der Waals surface area contributed by atoms with Crippen LogP contribution in [0.15, 0.2) is 30.3 Å². The fourth-order valence-electron chi connectivity index (χ4n) is 1.02. The summed E-state index contributed by atoms with van der Waals surface area (Å²) < 4.78 is 21.1. The lowest BCUT2D eigenvalue weighted by atomic mass is 10.0. The van der Waals surface area contributed by atoms with Gasteiger partial charge in [0.25, 0.3) is 0 Å². The van der Waals surface area contributed by atoms with Gasteiger partial charge in [-0.2, -0.15) is 0 Å². The van der Waals surface area contributed by atoms with Gasteiger partial charge in [-0.05, 0) is 19.5 Å². The second kappa shape index (κ2) is 4.24. The van der Waals surface area contributed by atoms with Gasteiger partial charge >= 0.3 is 0 Å². The summed E-state index contributed by atoms with van der Waals surface area (Å²) in [5, 5.41) is 12.2. The van der Waals surface area contributed by atoms with Crippen molar-refractivity contribution in [1.82, 2.24) is 5.32 Å². The maximum Gasteiger partial charge on any atom is 0.0940 e. The van der Waals surface area contributed by atoms with Crippen LogP contribution in [0.3, 0.4) is 0 Å². The number of likely N-dealkylation sites (N-methyl/N-ethyl adjacent to an activating group) is 1. The molecule has 0 amide bonds. The molecular formula is C10H15NO. The molecule has 2 heteroatoms. The fourth-order valence-corrected chi connectivity index (χ4v) is 1.02. The maximum atomic E-state index is 9.84. The molecule has 1 rings (SSSR count). The molecule has 66 valence electrons. The Labute approximate surface area is 77.5 Å². The lowest BCUT2D eigenvalue weighted by Crippen LogP contribution is -2.28. The van der Waals surface area contributed by atoms with E-state index in [1.165, 1.54) is 0 Å². The summed E-state index contributed by atoms with van der Waals surface area (Å²) in [6, 6.07) is 8.48. The van der Waals surface area contributed by atoms with E-state index in [9.17, 15) is 5.11 Å². The van der Waals surface area contributed by atoms with Gasteiger partial charge in [-0.1, -0.05) is 30.3 Å². The van der Waals surface area contributed by atoms with E-state index in [0.29, 0.717) is 5.56 Å². The van der Waals surface area contributed by atoms with Crippen LogP contribution >= 0.6 is 0 Å². The van der Waals surface area contributed by atoms with Crippen molar-refractivity contribution in [2.45, 2.75) is 19.1 Å². The van der Waals surface area contributed by atoms with Crippen molar-refractivity contribution in [1.29, 1.82) is 0 Å². The van der Waals surface area contributed by atoms with E-state index in [-0.39, 0.29) is 0 Å². The normalized spacial score (nSPS) is 20.3. The van der Waals surface area contributed by atoms with Gasteiger partial charge in [0.2, 0.25) is 0 Å². The minimum absolute atomic E-state index is 0.514. The van der Waals surface area contributed by atoms with E-state index in [1.807, 2.05) is 6.07 Å². The Morgan fingerprint density at radius 1 is 1.42 bits per heavy atom. The third-order valence-electron chi connectivity index (χ3n) is 1.84. The number of benzene rings is 1. The van der Waals surface area contributed by atoms with Gasteiger partial charge in [0.1, 0.15) is 0 Å². The average Bonchev–Trinajstić information content (AvgIpc) is 2.15. The first-order valence-corrected chi connectivity index (χ1v) is 3.91. The van der Waals surface area contributed by atoms with Crippen molar-refractivity contribution in [3.63, 3.8) is 0 Å². The van der Waals surface area contributed by atoms with Gasteiger partial charge in [0.15, 0.2) is 0 Å². The Morgan fingerprint density at radius 2 is 2.08 bits per heavy atom. The molecule has 1 aromatic rings. The van der Waals surface area contributed by atoms with Crippen LogP contribution in [0, 0.1) is 0 Å². The molecule has 1 unspecified atom stereocenters. The third-order valence-corrected chi connectivity index (χ3v) is 1.84. The number of aliphatic hydroxyl groups excluding tert-OH is 1. The first kappa shape index (κ1) is 5.73. The molecule has 2 N–H and O–H groups in total. The number of rotatable bonds is 3. The van der Waals surface area contributed by atoms with Crippen LogP contribution in [0.1, 0.15) is 22.7 Å².